The summed E-state index contributed by atoms with van der Waals surface area (Å²) in [5.41, 5.74) is -0.998. The van der Waals surface area contributed by atoms with Gasteiger partial charge in [0, 0.05) is 26.7 Å². The third-order valence-corrected chi connectivity index (χ3v) is 3.33. The number of hydrogen-bond donors (Lipinski definition) is 0. The van der Waals surface area contributed by atoms with Crippen molar-refractivity contribution in [2.45, 2.75) is 51.9 Å². The molecule has 0 N–H and O–H groups in total. The van der Waals surface area contributed by atoms with Gasteiger partial charge in [0.1, 0.15) is 23.4 Å². The van der Waals surface area contributed by atoms with Gasteiger partial charge in [0.25, 0.3) is 0 Å². The summed E-state index contributed by atoms with van der Waals surface area (Å²) in [6.45, 7) is 6.52. The molecule has 0 saturated carbocycles. The van der Waals surface area contributed by atoms with E-state index in [0.717, 1.165) is 4.90 Å². The van der Waals surface area contributed by atoms with Crippen LogP contribution < -0.4 is 0 Å². The normalized spacial score (nSPS) is 21.1. The predicted octanol–water partition coefficient (Wildman–Crippen LogP) is 1.91. The zero-order chi connectivity index (χ0) is 19.4. The van der Waals surface area contributed by atoms with E-state index in [4.69, 9.17) is 9.47 Å². The van der Waals surface area contributed by atoms with E-state index in [1.165, 1.54) is 11.1 Å². The van der Waals surface area contributed by atoms with Crippen LogP contribution in [0.15, 0.2) is 11.8 Å². The van der Waals surface area contributed by atoms with Gasteiger partial charge in [-0.15, -0.1) is 0 Å². The second-order valence-corrected chi connectivity index (χ2v) is 7.07. The lowest BCUT2D eigenvalue weighted by Crippen LogP contribution is -2.44. The van der Waals surface area contributed by atoms with Crippen molar-refractivity contribution in [3.05, 3.63) is 11.8 Å². The first-order valence-corrected chi connectivity index (χ1v) is 8.19. The van der Waals surface area contributed by atoms with Crippen LogP contribution in [0, 0.1) is 0 Å². The number of ketones is 1. The Morgan fingerprint density at radius 2 is 1.88 bits per heavy atom. The van der Waals surface area contributed by atoms with Crippen LogP contribution in [0.1, 0.15) is 34.1 Å². The topological polar surface area (TPSA) is 76.2 Å². The highest BCUT2D eigenvalue weighted by molar-refractivity contribution is 6.19. The quantitative estimate of drug-likeness (QED) is 0.323. The molecule has 2 atom stereocenters. The Balaban J connectivity index is 3.09. The zero-order valence-electron chi connectivity index (χ0n) is 15.7. The van der Waals surface area contributed by atoms with Crippen LogP contribution >= 0.6 is 0 Å². The molecule has 0 aromatic carbocycles. The Hall–Kier alpha value is -2.12. The first kappa shape index (κ1) is 20.9. The van der Waals surface area contributed by atoms with Crippen molar-refractivity contribution in [2.75, 3.05) is 27.2 Å². The third-order valence-electron chi connectivity index (χ3n) is 3.33. The molecule has 25 heavy (non-hydrogen) atoms. The Labute approximate surface area is 147 Å². The minimum Gasteiger partial charge on any atom is -0.462 e. The van der Waals surface area contributed by atoms with E-state index in [-0.39, 0.29) is 25.1 Å². The molecule has 7 nitrogen and oxygen atoms in total. The monoisotopic (exact) mass is 358 g/mol. The summed E-state index contributed by atoms with van der Waals surface area (Å²) >= 11 is 0. The third kappa shape index (κ3) is 6.03. The maximum absolute atomic E-state index is 13.9. The fourth-order valence-corrected chi connectivity index (χ4v) is 2.42. The first-order valence-electron chi connectivity index (χ1n) is 8.19. The van der Waals surface area contributed by atoms with Gasteiger partial charge >= 0.3 is 12.1 Å². The second kappa shape index (κ2) is 8.31. The summed E-state index contributed by atoms with van der Waals surface area (Å²) in [6.07, 6.45) is -0.996. The van der Waals surface area contributed by atoms with Crippen molar-refractivity contribution in [2.24, 2.45) is 0 Å². The number of halogens is 1. The van der Waals surface area contributed by atoms with E-state index in [1.807, 2.05) is 0 Å². The number of alkyl halides is 1. The molecule has 2 unspecified atom stereocenters. The summed E-state index contributed by atoms with van der Waals surface area (Å²) < 4.78 is 24.1. The highest BCUT2D eigenvalue weighted by atomic mass is 19.1. The van der Waals surface area contributed by atoms with Crippen LogP contribution in [0.4, 0.5) is 9.18 Å². The van der Waals surface area contributed by atoms with E-state index < -0.39 is 35.7 Å². The number of ether oxygens (including phenoxy) is 2. The van der Waals surface area contributed by atoms with E-state index in [9.17, 15) is 18.8 Å². The molecule has 0 aliphatic carbocycles. The molecule has 142 valence electrons. The van der Waals surface area contributed by atoms with E-state index in [1.54, 1.807) is 41.8 Å². The molecule has 8 heteroatoms. The first-order chi connectivity index (χ1) is 11.5. The Bertz CT molecular complexity index is 554. The van der Waals surface area contributed by atoms with Gasteiger partial charge in [0.05, 0.1) is 13.2 Å². The number of amides is 1. The van der Waals surface area contributed by atoms with Crippen LogP contribution in [-0.2, 0) is 19.1 Å². The van der Waals surface area contributed by atoms with Gasteiger partial charge in [0.2, 0.25) is 0 Å². The van der Waals surface area contributed by atoms with E-state index in [2.05, 4.69) is 0 Å². The summed E-state index contributed by atoms with van der Waals surface area (Å²) in [5, 5.41) is 0. The zero-order valence-corrected chi connectivity index (χ0v) is 15.7. The molecule has 0 spiro atoms. The molecule has 0 aromatic heterocycles. The maximum atomic E-state index is 13.9. The van der Waals surface area contributed by atoms with Gasteiger partial charge in [-0.3, -0.25) is 9.69 Å². The van der Waals surface area contributed by atoms with Gasteiger partial charge < -0.3 is 14.4 Å². The SMILES string of the molecule is CCOC(=O)/C(=C\N(C)C)C(=O)C1CC(F)CN1C(=O)OC(C)(C)C. The van der Waals surface area contributed by atoms with Crippen LogP contribution in [0.3, 0.4) is 0 Å². The molecular formula is C17H27FN2O5. The lowest BCUT2D eigenvalue weighted by Gasteiger charge is -2.28. The summed E-state index contributed by atoms with van der Waals surface area (Å²) in [5.74, 6) is -1.45. The standard InChI is InChI=1S/C17H27FN2O5/c1-7-24-15(22)12(10-19(5)6)14(21)13-8-11(18)9-20(13)16(23)25-17(2,3)4/h10-11,13H,7-9H2,1-6H3/b12-10-. The smallest absolute Gasteiger partial charge is 0.411 e. The number of Topliss-reactive ketones (excluding diaryl/α,β-unsaturated/α-hetero) is 1. The number of likely N-dealkylation sites (tertiary alicyclic amines) is 1. The fourth-order valence-electron chi connectivity index (χ4n) is 2.42. The van der Waals surface area contributed by atoms with E-state index >= 15 is 0 Å². The largest absolute Gasteiger partial charge is 0.462 e. The minimum atomic E-state index is -1.36. The van der Waals surface area contributed by atoms with Gasteiger partial charge in [0.15, 0.2) is 5.78 Å². The number of esters is 1. The number of hydrogen-bond acceptors (Lipinski definition) is 6. The van der Waals surface area contributed by atoms with Crippen molar-refractivity contribution < 1.29 is 28.2 Å². The molecule has 1 aliphatic heterocycles. The predicted molar refractivity (Wildman–Crippen MR) is 89.7 cm³/mol. The summed E-state index contributed by atoms with van der Waals surface area (Å²) in [7, 11) is 3.29. The van der Waals surface area contributed by atoms with Crippen LogP contribution in [0.25, 0.3) is 0 Å². The lowest BCUT2D eigenvalue weighted by atomic mass is 10.0. The van der Waals surface area contributed by atoms with Crippen molar-refractivity contribution in [1.29, 1.82) is 0 Å². The summed E-state index contributed by atoms with van der Waals surface area (Å²) in [4.78, 5) is 39.8. The number of carbonyl (C=O) groups is 3. The molecule has 1 rings (SSSR count). The summed E-state index contributed by atoms with van der Waals surface area (Å²) in [6, 6.07) is -1.10. The van der Waals surface area contributed by atoms with Gasteiger partial charge in [-0.1, -0.05) is 0 Å². The number of rotatable bonds is 5. The molecule has 1 heterocycles. The second-order valence-electron chi connectivity index (χ2n) is 7.07. The fraction of sp³-hybridized carbons (Fsp3) is 0.706. The number of carbonyl (C=O) groups excluding carboxylic acids is 3. The van der Waals surface area contributed by atoms with E-state index in [0.29, 0.717) is 0 Å². The van der Waals surface area contributed by atoms with Gasteiger partial charge in [-0.05, 0) is 27.7 Å². The van der Waals surface area contributed by atoms with Crippen molar-refractivity contribution in [1.82, 2.24) is 9.80 Å². The van der Waals surface area contributed by atoms with Crippen molar-refractivity contribution in [3.8, 4) is 0 Å². The molecule has 1 aliphatic rings. The molecule has 0 aromatic rings. The van der Waals surface area contributed by atoms with Crippen LogP contribution in [0.5, 0.6) is 0 Å². The Morgan fingerprint density at radius 3 is 2.36 bits per heavy atom. The van der Waals surface area contributed by atoms with Crippen molar-refractivity contribution >= 4 is 17.8 Å². The molecular weight excluding hydrogens is 331 g/mol. The molecule has 0 radical (unpaired) electrons. The highest BCUT2D eigenvalue weighted by Gasteiger charge is 2.43. The minimum absolute atomic E-state index is 0.100. The average Bonchev–Trinajstić information content (AvgIpc) is 2.84. The van der Waals surface area contributed by atoms with Gasteiger partial charge in [-0.25, -0.2) is 14.0 Å². The number of nitrogens with zero attached hydrogens (tertiary/aromatic N) is 2. The Morgan fingerprint density at radius 1 is 1.28 bits per heavy atom. The van der Waals surface area contributed by atoms with Crippen LogP contribution in [-0.4, -0.2) is 72.7 Å². The molecule has 1 fully saturated rings. The Kier molecular flexibility index (Phi) is 6.96. The van der Waals surface area contributed by atoms with Gasteiger partial charge in [-0.2, -0.15) is 0 Å². The molecule has 1 saturated heterocycles. The molecule has 0 bridgehead atoms. The maximum Gasteiger partial charge on any atom is 0.411 e. The lowest BCUT2D eigenvalue weighted by molar-refractivity contribution is -0.140. The van der Waals surface area contributed by atoms with Crippen molar-refractivity contribution in [3.63, 3.8) is 0 Å². The van der Waals surface area contributed by atoms with Crippen LogP contribution in [0.2, 0.25) is 0 Å². The average molecular weight is 358 g/mol. The molecule has 1 amide bonds. The highest BCUT2D eigenvalue weighted by Crippen LogP contribution is 2.26.